The summed E-state index contributed by atoms with van der Waals surface area (Å²) < 4.78 is 15.6. The van der Waals surface area contributed by atoms with Crippen LogP contribution in [0.1, 0.15) is 22.3 Å². The van der Waals surface area contributed by atoms with E-state index < -0.39 is 0 Å². The summed E-state index contributed by atoms with van der Waals surface area (Å²) in [5.41, 5.74) is 1.51. The molecule has 17 heavy (non-hydrogen) atoms. The summed E-state index contributed by atoms with van der Waals surface area (Å²) >= 11 is 0. The molecule has 0 bridgehead atoms. The summed E-state index contributed by atoms with van der Waals surface area (Å²) in [5, 5.41) is 0. The number of aldehydes is 1. The molecule has 0 spiro atoms. The highest BCUT2D eigenvalue weighted by atomic mass is 16.5. The zero-order valence-corrected chi connectivity index (χ0v) is 10.3. The van der Waals surface area contributed by atoms with Gasteiger partial charge in [-0.2, -0.15) is 0 Å². The minimum atomic E-state index is 0.439. The van der Waals surface area contributed by atoms with Crippen LogP contribution < -0.4 is 4.74 Å². The highest BCUT2D eigenvalue weighted by Gasteiger charge is 2.04. The third-order valence-corrected chi connectivity index (χ3v) is 2.34. The molecular weight excluding hydrogens is 220 g/mol. The minimum Gasteiger partial charge on any atom is -0.496 e. The van der Waals surface area contributed by atoms with Crippen molar-refractivity contribution in [1.29, 1.82) is 0 Å². The van der Waals surface area contributed by atoms with Crippen LogP contribution >= 0.6 is 0 Å². The summed E-state index contributed by atoms with van der Waals surface area (Å²) in [6.07, 6.45) is 1.67. The van der Waals surface area contributed by atoms with Crippen molar-refractivity contribution in [2.24, 2.45) is 0 Å². The summed E-state index contributed by atoms with van der Waals surface area (Å²) in [4.78, 5) is 10.7. The Kier molecular flexibility index (Phi) is 6.29. The molecule has 0 saturated heterocycles. The monoisotopic (exact) mass is 238 g/mol. The summed E-state index contributed by atoms with van der Waals surface area (Å²) in [7, 11) is 3.26. The number of methoxy groups -OCH3 is 2. The molecule has 0 atom stereocenters. The molecule has 4 nitrogen and oxygen atoms in total. The van der Waals surface area contributed by atoms with Crippen LogP contribution in [0.5, 0.6) is 5.75 Å². The first-order valence-corrected chi connectivity index (χ1v) is 5.50. The van der Waals surface area contributed by atoms with Gasteiger partial charge in [0.1, 0.15) is 12.0 Å². The molecule has 0 N–H and O–H groups in total. The van der Waals surface area contributed by atoms with Crippen molar-refractivity contribution in [2.75, 3.05) is 27.4 Å². The van der Waals surface area contributed by atoms with E-state index in [1.807, 2.05) is 0 Å². The van der Waals surface area contributed by atoms with Crippen molar-refractivity contribution >= 4 is 6.29 Å². The lowest BCUT2D eigenvalue weighted by Gasteiger charge is -2.09. The van der Waals surface area contributed by atoms with Crippen molar-refractivity contribution in [3.8, 4) is 5.75 Å². The number of ether oxygens (including phenoxy) is 3. The average Bonchev–Trinajstić information content (AvgIpc) is 2.38. The van der Waals surface area contributed by atoms with Crippen LogP contribution in [0.4, 0.5) is 0 Å². The second kappa shape index (κ2) is 7.81. The van der Waals surface area contributed by atoms with E-state index in [9.17, 15) is 4.79 Å². The van der Waals surface area contributed by atoms with E-state index in [1.54, 1.807) is 32.4 Å². The standard InChI is InChI=1S/C13H18O4/c1-15-6-3-7-17-10-12-8-11(9-14)4-5-13(12)16-2/h4-5,8-9H,3,6-7,10H2,1-2H3. The van der Waals surface area contributed by atoms with E-state index >= 15 is 0 Å². The molecule has 4 heteroatoms. The first-order valence-electron chi connectivity index (χ1n) is 5.50. The topological polar surface area (TPSA) is 44.8 Å². The molecule has 0 fully saturated rings. The number of carbonyl (C=O) groups is 1. The van der Waals surface area contributed by atoms with Crippen LogP contribution in [0, 0.1) is 0 Å². The predicted octanol–water partition coefficient (Wildman–Crippen LogP) is 2.06. The van der Waals surface area contributed by atoms with Gasteiger partial charge in [0.15, 0.2) is 0 Å². The number of benzene rings is 1. The van der Waals surface area contributed by atoms with E-state index in [1.165, 1.54) is 0 Å². The molecule has 0 aliphatic carbocycles. The maximum absolute atomic E-state index is 10.7. The van der Waals surface area contributed by atoms with Gasteiger partial charge in [-0.05, 0) is 24.6 Å². The van der Waals surface area contributed by atoms with Gasteiger partial charge in [-0.25, -0.2) is 0 Å². The van der Waals surface area contributed by atoms with Gasteiger partial charge in [-0.15, -0.1) is 0 Å². The first-order chi connectivity index (χ1) is 8.31. The van der Waals surface area contributed by atoms with Crippen molar-refractivity contribution in [3.63, 3.8) is 0 Å². The molecule has 0 amide bonds. The third kappa shape index (κ3) is 4.54. The third-order valence-electron chi connectivity index (χ3n) is 2.34. The summed E-state index contributed by atoms with van der Waals surface area (Å²) in [5.74, 6) is 0.738. The first kappa shape index (κ1) is 13.7. The average molecular weight is 238 g/mol. The molecule has 0 saturated carbocycles. The van der Waals surface area contributed by atoms with Crippen LogP contribution in [-0.2, 0) is 16.1 Å². The number of rotatable bonds is 8. The fourth-order valence-corrected chi connectivity index (χ4v) is 1.47. The maximum Gasteiger partial charge on any atom is 0.150 e. The highest BCUT2D eigenvalue weighted by Crippen LogP contribution is 2.20. The van der Waals surface area contributed by atoms with E-state index in [2.05, 4.69) is 0 Å². The molecule has 0 heterocycles. The predicted molar refractivity (Wildman–Crippen MR) is 64.5 cm³/mol. The van der Waals surface area contributed by atoms with Gasteiger partial charge in [0, 0.05) is 31.5 Å². The molecule has 0 aromatic heterocycles. The molecule has 1 aromatic carbocycles. The van der Waals surface area contributed by atoms with E-state index in [0.29, 0.717) is 25.4 Å². The lowest BCUT2D eigenvalue weighted by atomic mass is 10.1. The molecule has 94 valence electrons. The zero-order valence-electron chi connectivity index (χ0n) is 10.3. The van der Waals surface area contributed by atoms with Gasteiger partial charge in [-0.1, -0.05) is 0 Å². The van der Waals surface area contributed by atoms with E-state index in [0.717, 1.165) is 24.0 Å². The van der Waals surface area contributed by atoms with Crippen LogP contribution in [0.15, 0.2) is 18.2 Å². The lowest BCUT2D eigenvalue weighted by Crippen LogP contribution is -2.01. The van der Waals surface area contributed by atoms with Gasteiger partial charge in [0.25, 0.3) is 0 Å². The van der Waals surface area contributed by atoms with Crippen LogP contribution in [0.2, 0.25) is 0 Å². The Labute approximate surface area is 101 Å². The van der Waals surface area contributed by atoms with E-state index in [-0.39, 0.29) is 0 Å². The Balaban J connectivity index is 2.52. The highest BCUT2D eigenvalue weighted by molar-refractivity contribution is 5.75. The molecule has 0 aliphatic rings. The zero-order chi connectivity index (χ0) is 12.5. The number of carbonyl (C=O) groups excluding carboxylic acids is 1. The van der Waals surface area contributed by atoms with Crippen LogP contribution in [0.3, 0.4) is 0 Å². The smallest absolute Gasteiger partial charge is 0.150 e. The van der Waals surface area contributed by atoms with Crippen LogP contribution in [0.25, 0.3) is 0 Å². The minimum absolute atomic E-state index is 0.439. The molecule has 1 rings (SSSR count). The second-order valence-electron chi connectivity index (χ2n) is 3.59. The Bertz CT molecular complexity index is 349. The Morgan fingerprint density at radius 2 is 2.06 bits per heavy atom. The summed E-state index contributed by atoms with van der Waals surface area (Å²) in [6, 6.07) is 5.28. The second-order valence-corrected chi connectivity index (χ2v) is 3.59. The SMILES string of the molecule is COCCCOCc1cc(C=O)ccc1OC. The van der Waals surface area contributed by atoms with Crippen LogP contribution in [-0.4, -0.2) is 33.7 Å². The van der Waals surface area contributed by atoms with Crippen molar-refractivity contribution < 1.29 is 19.0 Å². The summed E-state index contributed by atoms with van der Waals surface area (Å²) in [6.45, 7) is 1.75. The lowest BCUT2D eigenvalue weighted by molar-refractivity contribution is 0.0916. The largest absolute Gasteiger partial charge is 0.496 e. The van der Waals surface area contributed by atoms with Gasteiger partial charge < -0.3 is 14.2 Å². The quantitative estimate of drug-likeness (QED) is 0.513. The molecule has 0 radical (unpaired) electrons. The fourth-order valence-electron chi connectivity index (χ4n) is 1.47. The van der Waals surface area contributed by atoms with E-state index in [4.69, 9.17) is 14.2 Å². The van der Waals surface area contributed by atoms with Crippen molar-refractivity contribution in [2.45, 2.75) is 13.0 Å². The molecule has 0 unspecified atom stereocenters. The van der Waals surface area contributed by atoms with Gasteiger partial charge >= 0.3 is 0 Å². The van der Waals surface area contributed by atoms with Gasteiger partial charge in [-0.3, -0.25) is 4.79 Å². The molecule has 0 aliphatic heterocycles. The van der Waals surface area contributed by atoms with Crippen molar-refractivity contribution in [3.05, 3.63) is 29.3 Å². The number of hydrogen-bond donors (Lipinski definition) is 0. The van der Waals surface area contributed by atoms with Gasteiger partial charge in [0.05, 0.1) is 13.7 Å². The Morgan fingerprint density at radius 3 is 2.71 bits per heavy atom. The maximum atomic E-state index is 10.7. The van der Waals surface area contributed by atoms with Crippen molar-refractivity contribution in [1.82, 2.24) is 0 Å². The molecule has 1 aromatic rings. The Morgan fingerprint density at radius 1 is 1.24 bits per heavy atom. The fraction of sp³-hybridized carbons (Fsp3) is 0.462. The van der Waals surface area contributed by atoms with Gasteiger partial charge in [0.2, 0.25) is 0 Å². The Hall–Kier alpha value is -1.39. The molecular formula is C13H18O4. The normalized spacial score (nSPS) is 10.2. The number of hydrogen-bond acceptors (Lipinski definition) is 4.